The third kappa shape index (κ3) is 3.16. The number of hydrogen-bond donors (Lipinski definition) is 1. The second-order valence-electron chi connectivity index (χ2n) is 7.16. The molecule has 0 radical (unpaired) electrons. The maximum atomic E-state index is 12.9. The van der Waals surface area contributed by atoms with Gasteiger partial charge < -0.3 is 0 Å². The molecule has 0 spiro atoms. The number of nitrogens with one attached hydrogen (secondary N) is 1. The van der Waals surface area contributed by atoms with E-state index in [-0.39, 0.29) is 11.8 Å². The van der Waals surface area contributed by atoms with Crippen molar-refractivity contribution in [3.63, 3.8) is 0 Å². The number of hydrazine groups is 1. The minimum absolute atomic E-state index is 0.196. The smallest absolute Gasteiger partial charge is 0.241 e. The number of benzene rings is 2. The lowest BCUT2D eigenvalue weighted by Gasteiger charge is -2.29. The molecule has 1 amide bonds. The number of nitrogens with zero attached hydrogens (tertiary/aromatic N) is 1. The first-order valence-corrected chi connectivity index (χ1v) is 8.96. The van der Waals surface area contributed by atoms with Gasteiger partial charge >= 0.3 is 0 Å². The standard InChI is InChI=1S/C21H24N2O/c24-21(20-14-17-11-12-18(20)13-17)22-23(19-9-5-2-6-10-19)15-16-7-3-1-4-8-16/h1-10,17-18,20H,11-15H2,(H,22,24). The van der Waals surface area contributed by atoms with Crippen LogP contribution in [0.3, 0.4) is 0 Å². The summed E-state index contributed by atoms with van der Waals surface area (Å²) < 4.78 is 0. The molecule has 0 aliphatic heterocycles. The molecule has 24 heavy (non-hydrogen) atoms. The fraction of sp³-hybridized carbons (Fsp3) is 0.381. The first kappa shape index (κ1) is 15.3. The number of anilines is 1. The SMILES string of the molecule is O=C(NN(Cc1ccccc1)c1ccccc1)C1CC2CCC1C2. The fourth-order valence-corrected chi connectivity index (χ4v) is 4.35. The highest BCUT2D eigenvalue weighted by Gasteiger charge is 2.43. The lowest BCUT2D eigenvalue weighted by molar-refractivity contribution is -0.126. The van der Waals surface area contributed by atoms with E-state index in [2.05, 4.69) is 17.6 Å². The van der Waals surface area contributed by atoms with Crippen LogP contribution in [0.1, 0.15) is 31.2 Å². The van der Waals surface area contributed by atoms with Crippen molar-refractivity contribution in [2.75, 3.05) is 5.01 Å². The summed E-state index contributed by atoms with van der Waals surface area (Å²) in [6, 6.07) is 20.4. The molecule has 0 saturated heterocycles. The minimum atomic E-state index is 0.196. The van der Waals surface area contributed by atoms with Crippen LogP contribution in [0.2, 0.25) is 0 Å². The van der Waals surface area contributed by atoms with Gasteiger partial charge in [0.05, 0.1) is 12.2 Å². The third-order valence-electron chi connectivity index (χ3n) is 5.57. The van der Waals surface area contributed by atoms with Gasteiger partial charge in [0.25, 0.3) is 0 Å². The van der Waals surface area contributed by atoms with E-state index in [4.69, 9.17) is 0 Å². The Hall–Kier alpha value is -2.29. The Kier molecular flexibility index (Phi) is 4.24. The van der Waals surface area contributed by atoms with Crippen molar-refractivity contribution >= 4 is 11.6 Å². The summed E-state index contributed by atoms with van der Waals surface area (Å²) in [5, 5.41) is 1.99. The topological polar surface area (TPSA) is 32.3 Å². The van der Waals surface area contributed by atoms with E-state index in [0.29, 0.717) is 12.5 Å². The van der Waals surface area contributed by atoms with E-state index in [1.165, 1.54) is 24.8 Å². The molecule has 2 aliphatic rings. The molecule has 3 heteroatoms. The Morgan fingerprint density at radius 1 is 0.958 bits per heavy atom. The maximum Gasteiger partial charge on any atom is 0.241 e. The van der Waals surface area contributed by atoms with Crippen molar-refractivity contribution in [3.8, 4) is 0 Å². The van der Waals surface area contributed by atoms with Gasteiger partial charge in [-0.25, -0.2) is 0 Å². The monoisotopic (exact) mass is 320 g/mol. The summed E-state index contributed by atoms with van der Waals surface area (Å²) >= 11 is 0. The number of hydrogen-bond acceptors (Lipinski definition) is 2. The van der Waals surface area contributed by atoms with Crippen LogP contribution in [0.5, 0.6) is 0 Å². The Labute approximate surface area is 143 Å². The average molecular weight is 320 g/mol. The molecular formula is C21H24N2O. The average Bonchev–Trinajstić information content (AvgIpc) is 3.26. The van der Waals surface area contributed by atoms with Crippen LogP contribution in [0, 0.1) is 17.8 Å². The first-order valence-electron chi connectivity index (χ1n) is 8.96. The van der Waals surface area contributed by atoms with Crippen LogP contribution in [-0.4, -0.2) is 5.91 Å². The molecule has 2 aromatic carbocycles. The minimum Gasteiger partial charge on any atom is -0.281 e. The Bertz CT molecular complexity index is 685. The van der Waals surface area contributed by atoms with Crippen molar-refractivity contribution in [1.29, 1.82) is 0 Å². The van der Waals surface area contributed by atoms with Gasteiger partial charge in [-0.2, -0.15) is 0 Å². The number of carbonyl (C=O) groups is 1. The second kappa shape index (κ2) is 6.68. The van der Waals surface area contributed by atoms with Crippen LogP contribution in [0.4, 0.5) is 5.69 Å². The molecule has 2 bridgehead atoms. The van der Waals surface area contributed by atoms with Crippen LogP contribution in [-0.2, 0) is 11.3 Å². The molecule has 2 aliphatic carbocycles. The van der Waals surface area contributed by atoms with Crippen LogP contribution < -0.4 is 10.4 Å². The van der Waals surface area contributed by atoms with Crippen molar-refractivity contribution in [2.24, 2.45) is 17.8 Å². The van der Waals surface area contributed by atoms with Gasteiger partial charge in [0, 0.05) is 5.92 Å². The molecule has 3 nitrogen and oxygen atoms in total. The van der Waals surface area contributed by atoms with Crippen LogP contribution in [0.25, 0.3) is 0 Å². The van der Waals surface area contributed by atoms with Gasteiger partial charge in [0.1, 0.15) is 0 Å². The van der Waals surface area contributed by atoms with Crippen molar-refractivity contribution in [2.45, 2.75) is 32.2 Å². The predicted octanol–water partition coefficient (Wildman–Crippen LogP) is 4.16. The zero-order chi connectivity index (χ0) is 16.4. The summed E-state index contributed by atoms with van der Waals surface area (Å²) in [5.74, 6) is 1.78. The molecule has 2 saturated carbocycles. The molecule has 2 aromatic rings. The number of carbonyl (C=O) groups excluding carboxylic acids is 1. The zero-order valence-electron chi connectivity index (χ0n) is 13.9. The summed E-state index contributed by atoms with van der Waals surface area (Å²) in [4.78, 5) is 12.9. The molecule has 0 heterocycles. The molecule has 1 N–H and O–H groups in total. The molecular weight excluding hydrogens is 296 g/mol. The number of amides is 1. The molecule has 2 fully saturated rings. The number of rotatable bonds is 5. The van der Waals surface area contributed by atoms with E-state index in [1.54, 1.807) is 0 Å². The van der Waals surface area contributed by atoms with Crippen molar-refractivity contribution in [3.05, 3.63) is 66.2 Å². The van der Waals surface area contributed by atoms with E-state index in [9.17, 15) is 4.79 Å². The first-order chi connectivity index (χ1) is 11.8. The summed E-state index contributed by atoms with van der Waals surface area (Å²) in [6.45, 7) is 0.678. The van der Waals surface area contributed by atoms with Gasteiger partial charge in [-0.05, 0) is 48.8 Å². The largest absolute Gasteiger partial charge is 0.281 e. The maximum absolute atomic E-state index is 12.9. The van der Waals surface area contributed by atoms with Crippen molar-refractivity contribution in [1.82, 2.24) is 5.43 Å². The highest BCUT2D eigenvalue weighted by atomic mass is 16.2. The van der Waals surface area contributed by atoms with Gasteiger partial charge in [0.15, 0.2) is 0 Å². The normalized spacial score (nSPS) is 24.8. The van der Waals surface area contributed by atoms with E-state index >= 15 is 0 Å². The molecule has 124 valence electrons. The quantitative estimate of drug-likeness (QED) is 0.839. The van der Waals surface area contributed by atoms with Crippen LogP contribution in [0.15, 0.2) is 60.7 Å². The van der Waals surface area contributed by atoms with Gasteiger partial charge in [-0.1, -0.05) is 55.0 Å². The summed E-state index contributed by atoms with van der Waals surface area (Å²) in [6.07, 6.45) is 4.88. The second-order valence-corrected chi connectivity index (χ2v) is 7.16. The van der Waals surface area contributed by atoms with Gasteiger partial charge in [-0.3, -0.25) is 15.2 Å². The van der Waals surface area contributed by atoms with E-state index in [0.717, 1.165) is 18.0 Å². The zero-order valence-corrected chi connectivity index (χ0v) is 13.9. The molecule has 4 rings (SSSR count). The Balaban J connectivity index is 1.51. The number of fused-ring (bicyclic) bond motifs is 2. The molecule has 0 aromatic heterocycles. The van der Waals surface area contributed by atoms with Gasteiger partial charge in [-0.15, -0.1) is 0 Å². The number of para-hydroxylation sites is 1. The highest BCUT2D eigenvalue weighted by molar-refractivity contribution is 5.81. The molecule has 3 unspecified atom stereocenters. The Morgan fingerprint density at radius 2 is 1.67 bits per heavy atom. The lowest BCUT2D eigenvalue weighted by atomic mass is 9.88. The Morgan fingerprint density at radius 3 is 2.29 bits per heavy atom. The lowest BCUT2D eigenvalue weighted by Crippen LogP contribution is -2.46. The van der Waals surface area contributed by atoms with E-state index in [1.807, 2.05) is 53.5 Å². The van der Waals surface area contributed by atoms with E-state index < -0.39 is 0 Å². The summed E-state index contributed by atoms with van der Waals surface area (Å²) in [7, 11) is 0. The molecule has 3 atom stereocenters. The predicted molar refractivity (Wildman–Crippen MR) is 96.1 cm³/mol. The van der Waals surface area contributed by atoms with Crippen molar-refractivity contribution < 1.29 is 4.79 Å². The summed E-state index contributed by atoms with van der Waals surface area (Å²) in [5.41, 5.74) is 5.42. The van der Waals surface area contributed by atoms with Crippen LogP contribution >= 0.6 is 0 Å². The fourth-order valence-electron chi connectivity index (χ4n) is 4.35. The third-order valence-corrected chi connectivity index (χ3v) is 5.57. The van der Waals surface area contributed by atoms with Gasteiger partial charge in [0.2, 0.25) is 5.91 Å². The highest BCUT2D eigenvalue weighted by Crippen LogP contribution is 2.48.